The van der Waals surface area contributed by atoms with E-state index in [0.29, 0.717) is 22.4 Å². The lowest BCUT2D eigenvalue weighted by Gasteiger charge is -2.24. The number of carbonyl (C=O) groups excluding carboxylic acids is 1. The number of likely N-dealkylation sites (N-methyl/N-ethyl adjacent to an activating group) is 1. The first kappa shape index (κ1) is 20.2. The zero-order chi connectivity index (χ0) is 20.1. The van der Waals surface area contributed by atoms with Crippen LogP contribution >= 0.6 is 24.0 Å². The number of amides is 1. The minimum absolute atomic E-state index is 0.0539. The van der Waals surface area contributed by atoms with E-state index in [-0.39, 0.29) is 5.91 Å². The van der Waals surface area contributed by atoms with E-state index in [1.54, 1.807) is 7.05 Å². The van der Waals surface area contributed by atoms with E-state index in [9.17, 15) is 4.79 Å². The Bertz CT molecular complexity index is 905. The summed E-state index contributed by atoms with van der Waals surface area (Å²) >= 11 is 6.51. The van der Waals surface area contributed by atoms with E-state index < -0.39 is 0 Å². The Labute approximate surface area is 175 Å². The van der Waals surface area contributed by atoms with Crippen molar-refractivity contribution in [1.29, 1.82) is 0 Å². The number of hydrogen-bond acceptors (Lipinski definition) is 5. The average molecular weight is 411 g/mol. The Morgan fingerprint density at radius 1 is 1.14 bits per heavy atom. The molecule has 1 aliphatic rings. The second-order valence-corrected chi connectivity index (χ2v) is 7.83. The molecule has 1 aliphatic heterocycles. The predicted octanol–water partition coefficient (Wildman–Crippen LogP) is 5.24. The van der Waals surface area contributed by atoms with Crippen molar-refractivity contribution in [2.24, 2.45) is 0 Å². The molecule has 3 rings (SSSR count). The van der Waals surface area contributed by atoms with E-state index in [2.05, 4.69) is 11.5 Å². The smallest absolute Gasteiger partial charge is 0.265 e. The van der Waals surface area contributed by atoms with Gasteiger partial charge in [-0.25, -0.2) is 0 Å². The minimum Gasteiger partial charge on any atom is -0.494 e. The summed E-state index contributed by atoms with van der Waals surface area (Å²) in [6.45, 7) is 7.17. The predicted molar refractivity (Wildman–Crippen MR) is 122 cm³/mol. The van der Waals surface area contributed by atoms with Crippen molar-refractivity contribution in [1.82, 2.24) is 4.90 Å². The highest BCUT2D eigenvalue weighted by molar-refractivity contribution is 8.26. The molecule has 1 saturated heterocycles. The molecule has 28 heavy (non-hydrogen) atoms. The van der Waals surface area contributed by atoms with Crippen molar-refractivity contribution in [3.05, 3.63) is 71.7 Å². The van der Waals surface area contributed by atoms with Crippen LogP contribution in [0.2, 0.25) is 0 Å². The fourth-order valence-corrected chi connectivity index (χ4v) is 4.00. The number of rotatable bonds is 7. The highest BCUT2D eigenvalue weighted by Crippen LogP contribution is 2.32. The van der Waals surface area contributed by atoms with Crippen LogP contribution in [0.25, 0.3) is 6.08 Å². The molecule has 0 atom stereocenters. The summed E-state index contributed by atoms with van der Waals surface area (Å²) in [5.74, 6) is 0.801. The number of ether oxygens (including phenoxy) is 1. The van der Waals surface area contributed by atoms with Crippen molar-refractivity contribution < 1.29 is 9.53 Å². The summed E-state index contributed by atoms with van der Waals surface area (Å²) in [5, 5.41) is 0. The molecular weight excluding hydrogens is 388 g/mol. The van der Waals surface area contributed by atoms with Crippen LogP contribution in [0.4, 0.5) is 11.4 Å². The third-order valence-corrected chi connectivity index (χ3v) is 5.74. The van der Waals surface area contributed by atoms with Gasteiger partial charge in [0.25, 0.3) is 5.91 Å². The zero-order valence-electron chi connectivity index (χ0n) is 15.9. The average Bonchev–Trinajstić information content (AvgIpc) is 2.95. The number of nitrogens with zero attached hydrogens (tertiary/aromatic N) is 2. The maximum atomic E-state index is 12.2. The van der Waals surface area contributed by atoms with Gasteiger partial charge in [0.2, 0.25) is 0 Å². The van der Waals surface area contributed by atoms with Gasteiger partial charge in [-0.15, -0.1) is 6.58 Å². The fraction of sp³-hybridized carbons (Fsp3) is 0.182. The molecule has 1 amide bonds. The second kappa shape index (κ2) is 9.08. The molecule has 6 heteroatoms. The van der Waals surface area contributed by atoms with E-state index in [0.717, 1.165) is 22.7 Å². The molecule has 0 saturated carbocycles. The third kappa shape index (κ3) is 4.46. The number of hydrogen-bond donors (Lipinski definition) is 0. The molecule has 0 radical (unpaired) electrons. The van der Waals surface area contributed by atoms with Gasteiger partial charge >= 0.3 is 0 Å². The molecule has 0 spiro atoms. The van der Waals surface area contributed by atoms with Crippen LogP contribution in [0.1, 0.15) is 12.5 Å². The molecule has 0 unspecified atom stereocenters. The molecule has 2 aromatic rings. The first-order valence-electron chi connectivity index (χ1n) is 8.96. The van der Waals surface area contributed by atoms with Gasteiger partial charge in [0, 0.05) is 25.0 Å². The first-order valence-corrected chi connectivity index (χ1v) is 10.2. The molecule has 2 aromatic carbocycles. The highest BCUT2D eigenvalue weighted by atomic mass is 32.2. The van der Waals surface area contributed by atoms with Gasteiger partial charge in [-0.2, -0.15) is 0 Å². The summed E-state index contributed by atoms with van der Waals surface area (Å²) in [4.78, 5) is 16.5. The molecule has 4 nitrogen and oxygen atoms in total. The third-order valence-electron chi connectivity index (χ3n) is 4.26. The molecule has 144 valence electrons. The van der Waals surface area contributed by atoms with Crippen molar-refractivity contribution in [2.45, 2.75) is 6.92 Å². The lowest BCUT2D eigenvalue weighted by Crippen LogP contribution is -2.22. The van der Waals surface area contributed by atoms with Crippen molar-refractivity contribution in [2.75, 3.05) is 25.1 Å². The van der Waals surface area contributed by atoms with E-state index in [1.165, 1.54) is 16.7 Å². The van der Waals surface area contributed by atoms with Crippen molar-refractivity contribution >= 4 is 51.7 Å². The van der Waals surface area contributed by atoms with Gasteiger partial charge < -0.3 is 9.64 Å². The number of thioether (sulfide) groups is 1. The standard InChI is InChI=1S/C22H22N2O2S2/c1-4-14-24(18-10-12-19(13-11-18)26-5-2)17-8-6-16(7-9-17)15-20-21(25)23(3)22(27)28-20/h4,6-13,15H,1,5,14H2,2-3H3. The quantitative estimate of drug-likeness (QED) is 0.354. The lowest BCUT2D eigenvalue weighted by molar-refractivity contribution is -0.121. The zero-order valence-corrected chi connectivity index (χ0v) is 17.6. The normalized spacial score (nSPS) is 15.2. The Balaban J connectivity index is 1.82. The summed E-state index contributed by atoms with van der Waals surface area (Å²) in [6.07, 6.45) is 3.75. The summed E-state index contributed by atoms with van der Waals surface area (Å²) in [5.41, 5.74) is 3.06. The van der Waals surface area contributed by atoms with Gasteiger partial charge in [0.1, 0.15) is 10.1 Å². The van der Waals surface area contributed by atoms with E-state index in [4.69, 9.17) is 17.0 Å². The lowest BCUT2D eigenvalue weighted by atomic mass is 10.1. The largest absolute Gasteiger partial charge is 0.494 e. The number of carbonyl (C=O) groups is 1. The molecule has 1 fully saturated rings. The van der Waals surface area contributed by atoms with Crippen LogP contribution in [-0.4, -0.2) is 35.3 Å². The SMILES string of the molecule is C=CCN(c1ccc(C=C2SC(=S)N(C)C2=O)cc1)c1ccc(OCC)cc1. The second-order valence-electron chi connectivity index (χ2n) is 6.16. The fourth-order valence-electron chi connectivity index (χ4n) is 2.83. The molecule has 0 bridgehead atoms. The molecule has 0 N–H and O–H groups in total. The molecule has 1 heterocycles. The maximum Gasteiger partial charge on any atom is 0.265 e. The van der Waals surface area contributed by atoms with Crippen molar-refractivity contribution in [3.63, 3.8) is 0 Å². The molecule has 0 aliphatic carbocycles. The summed E-state index contributed by atoms with van der Waals surface area (Å²) < 4.78 is 6.11. The minimum atomic E-state index is -0.0539. The van der Waals surface area contributed by atoms with Crippen molar-refractivity contribution in [3.8, 4) is 5.75 Å². The van der Waals surface area contributed by atoms with Crippen LogP contribution in [0.3, 0.4) is 0 Å². The van der Waals surface area contributed by atoms with Crippen LogP contribution in [0.15, 0.2) is 66.1 Å². The van der Waals surface area contributed by atoms with Gasteiger partial charge in [-0.1, -0.05) is 42.2 Å². The van der Waals surface area contributed by atoms with Crippen LogP contribution in [-0.2, 0) is 4.79 Å². The monoisotopic (exact) mass is 410 g/mol. The Kier molecular flexibility index (Phi) is 6.54. The van der Waals surface area contributed by atoms with Crippen LogP contribution < -0.4 is 9.64 Å². The number of anilines is 2. The number of benzene rings is 2. The first-order chi connectivity index (χ1) is 13.5. The van der Waals surface area contributed by atoms with Crippen LogP contribution in [0, 0.1) is 0 Å². The summed E-state index contributed by atoms with van der Waals surface area (Å²) in [7, 11) is 1.70. The Hall–Kier alpha value is -2.57. The van der Waals surface area contributed by atoms with Gasteiger partial charge in [-0.05, 0) is 55.0 Å². The maximum absolute atomic E-state index is 12.2. The van der Waals surface area contributed by atoms with Gasteiger partial charge in [-0.3, -0.25) is 9.69 Å². The van der Waals surface area contributed by atoms with Crippen LogP contribution in [0.5, 0.6) is 5.75 Å². The van der Waals surface area contributed by atoms with E-state index in [1.807, 2.05) is 67.6 Å². The van der Waals surface area contributed by atoms with Gasteiger partial charge in [0.15, 0.2) is 0 Å². The van der Waals surface area contributed by atoms with Gasteiger partial charge in [0.05, 0.1) is 11.5 Å². The highest BCUT2D eigenvalue weighted by Gasteiger charge is 2.28. The Morgan fingerprint density at radius 3 is 2.25 bits per heavy atom. The number of thiocarbonyl (C=S) groups is 1. The topological polar surface area (TPSA) is 32.8 Å². The molecule has 0 aromatic heterocycles. The van der Waals surface area contributed by atoms with E-state index >= 15 is 0 Å². The molecular formula is C22H22N2O2S2. The Morgan fingerprint density at radius 2 is 1.75 bits per heavy atom. The summed E-state index contributed by atoms with van der Waals surface area (Å²) in [6, 6.07) is 16.1.